The van der Waals surface area contributed by atoms with E-state index in [1.54, 1.807) is 0 Å². The molecule has 12 heavy (non-hydrogen) atoms. The second-order valence-corrected chi connectivity index (χ2v) is 3.04. The Labute approximate surface area is 72.7 Å². The Kier molecular flexibility index (Phi) is 4.29. The zero-order valence-electron chi connectivity index (χ0n) is 7.15. The molecular formula is C9H16O3. The van der Waals surface area contributed by atoms with Gasteiger partial charge in [-0.3, -0.25) is 0 Å². The minimum Gasteiger partial charge on any atom is -0.396 e. The van der Waals surface area contributed by atoms with E-state index in [2.05, 4.69) is 6.08 Å². The Bertz CT molecular complexity index is 129. The standard InChI is InChI=1S/C9H16O3/c10-5-3-8-1-2-9(4-6-11)12-7-8/h1-2,8-11H,3-7H2/t8-,9+/m0/s1. The maximum absolute atomic E-state index is 8.66. The van der Waals surface area contributed by atoms with Crippen LogP contribution < -0.4 is 0 Å². The van der Waals surface area contributed by atoms with Crippen LogP contribution in [-0.4, -0.2) is 36.1 Å². The number of aliphatic hydroxyl groups excluding tert-OH is 2. The van der Waals surface area contributed by atoms with Crippen LogP contribution in [0.1, 0.15) is 12.8 Å². The topological polar surface area (TPSA) is 49.7 Å². The second kappa shape index (κ2) is 5.30. The Morgan fingerprint density at radius 3 is 2.42 bits per heavy atom. The zero-order chi connectivity index (χ0) is 8.81. The van der Waals surface area contributed by atoms with Crippen LogP contribution in [-0.2, 0) is 4.74 Å². The lowest BCUT2D eigenvalue weighted by Crippen LogP contribution is -2.22. The van der Waals surface area contributed by atoms with Crippen molar-refractivity contribution in [2.75, 3.05) is 19.8 Å². The fraction of sp³-hybridized carbons (Fsp3) is 0.778. The van der Waals surface area contributed by atoms with Crippen molar-refractivity contribution in [1.82, 2.24) is 0 Å². The predicted molar refractivity (Wildman–Crippen MR) is 45.8 cm³/mol. The summed E-state index contributed by atoms with van der Waals surface area (Å²) in [7, 11) is 0. The van der Waals surface area contributed by atoms with Crippen LogP contribution in [0, 0.1) is 5.92 Å². The quantitative estimate of drug-likeness (QED) is 0.600. The molecule has 3 nitrogen and oxygen atoms in total. The maximum Gasteiger partial charge on any atom is 0.0778 e. The van der Waals surface area contributed by atoms with Crippen LogP contribution in [0.2, 0.25) is 0 Å². The molecule has 3 heteroatoms. The lowest BCUT2D eigenvalue weighted by atomic mass is 10.0. The Morgan fingerprint density at radius 1 is 1.17 bits per heavy atom. The van der Waals surface area contributed by atoms with E-state index in [9.17, 15) is 0 Å². The Morgan fingerprint density at radius 2 is 1.92 bits per heavy atom. The molecule has 1 aliphatic rings. The molecule has 0 saturated carbocycles. The highest BCUT2D eigenvalue weighted by atomic mass is 16.5. The number of hydrogen-bond acceptors (Lipinski definition) is 3. The summed E-state index contributed by atoms with van der Waals surface area (Å²) in [5.41, 5.74) is 0. The van der Waals surface area contributed by atoms with E-state index in [4.69, 9.17) is 14.9 Å². The minimum atomic E-state index is 0.0740. The van der Waals surface area contributed by atoms with Gasteiger partial charge in [0.25, 0.3) is 0 Å². The van der Waals surface area contributed by atoms with E-state index in [1.165, 1.54) is 0 Å². The lowest BCUT2D eigenvalue weighted by Gasteiger charge is -2.22. The third-order valence-electron chi connectivity index (χ3n) is 2.04. The average molecular weight is 172 g/mol. The van der Waals surface area contributed by atoms with Gasteiger partial charge in [0, 0.05) is 25.6 Å². The van der Waals surface area contributed by atoms with E-state index in [0.29, 0.717) is 18.9 Å². The van der Waals surface area contributed by atoms with Crippen molar-refractivity contribution < 1.29 is 14.9 Å². The van der Waals surface area contributed by atoms with Gasteiger partial charge in [0.1, 0.15) is 0 Å². The minimum absolute atomic E-state index is 0.0740. The van der Waals surface area contributed by atoms with E-state index in [0.717, 1.165) is 6.42 Å². The molecule has 0 bridgehead atoms. The molecule has 2 atom stereocenters. The van der Waals surface area contributed by atoms with Gasteiger partial charge < -0.3 is 14.9 Å². The van der Waals surface area contributed by atoms with E-state index in [-0.39, 0.29) is 19.3 Å². The van der Waals surface area contributed by atoms with Crippen LogP contribution in [0.25, 0.3) is 0 Å². The molecule has 1 rings (SSSR count). The molecule has 0 saturated heterocycles. The van der Waals surface area contributed by atoms with Crippen molar-refractivity contribution in [2.45, 2.75) is 18.9 Å². The molecule has 0 spiro atoms. The molecular weight excluding hydrogens is 156 g/mol. The monoisotopic (exact) mass is 172 g/mol. The molecule has 70 valence electrons. The van der Waals surface area contributed by atoms with Crippen molar-refractivity contribution in [2.24, 2.45) is 5.92 Å². The van der Waals surface area contributed by atoms with Crippen LogP contribution in [0.3, 0.4) is 0 Å². The van der Waals surface area contributed by atoms with Crippen LogP contribution in [0.15, 0.2) is 12.2 Å². The molecule has 0 radical (unpaired) electrons. The van der Waals surface area contributed by atoms with Crippen molar-refractivity contribution in [3.05, 3.63) is 12.2 Å². The van der Waals surface area contributed by atoms with Gasteiger partial charge in [-0.1, -0.05) is 12.2 Å². The highest BCUT2D eigenvalue weighted by Gasteiger charge is 2.14. The lowest BCUT2D eigenvalue weighted by molar-refractivity contribution is 0.0353. The first kappa shape index (κ1) is 9.71. The molecule has 0 fully saturated rings. The molecule has 0 aromatic carbocycles. The Hall–Kier alpha value is -0.380. The Balaban J connectivity index is 2.26. The van der Waals surface area contributed by atoms with Gasteiger partial charge in [-0.15, -0.1) is 0 Å². The van der Waals surface area contributed by atoms with Gasteiger partial charge in [0.2, 0.25) is 0 Å². The fourth-order valence-corrected chi connectivity index (χ4v) is 1.29. The summed E-state index contributed by atoms with van der Waals surface area (Å²) in [5, 5.41) is 17.3. The number of ether oxygens (including phenoxy) is 1. The molecule has 2 N–H and O–H groups in total. The normalized spacial score (nSPS) is 29.2. The van der Waals surface area contributed by atoms with Crippen LogP contribution in [0.5, 0.6) is 0 Å². The second-order valence-electron chi connectivity index (χ2n) is 3.04. The fourth-order valence-electron chi connectivity index (χ4n) is 1.29. The first-order valence-corrected chi connectivity index (χ1v) is 4.38. The van der Waals surface area contributed by atoms with Crippen molar-refractivity contribution >= 4 is 0 Å². The summed E-state index contributed by atoms with van der Waals surface area (Å²) in [6.07, 6.45) is 5.55. The number of rotatable bonds is 4. The van der Waals surface area contributed by atoms with Gasteiger partial charge in [0.05, 0.1) is 12.7 Å². The van der Waals surface area contributed by atoms with Gasteiger partial charge >= 0.3 is 0 Å². The number of hydrogen-bond donors (Lipinski definition) is 2. The van der Waals surface area contributed by atoms with Gasteiger partial charge in [-0.05, 0) is 6.42 Å². The molecule has 0 aliphatic carbocycles. The summed E-state index contributed by atoms with van der Waals surface area (Å²) < 4.78 is 5.43. The first-order chi connectivity index (χ1) is 5.86. The summed E-state index contributed by atoms with van der Waals surface area (Å²) in [6, 6.07) is 0. The molecule has 0 aromatic rings. The van der Waals surface area contributed by atoms with Crippen molar-refractivity contribution in [3.8, 4) is 0 Å². The van der Waals surface area contributed by atoms with E-state index in [1.807, 2.05) is 6.08 Å². The first-order valence-electron chi connectivity index (χ1n) is 4.38. The zero-order valence-corrected chi connectivity index (χ0v) is 7.15. The van der Waals surface area contributed by atoms with Crippen LogP contribution >= 0.6 is 0 Å². The largest absolute Gasteiger partial charge is 0.396 e. The summed E-state index contributed by atoms with van der Waals surface area (Å²) >= 11 is 0. The molecule has 0 amide bonds. The third kappa shape index (κ3) is 2.93. The molecule has 1 aliphatic heterocycles. The number of aliphatic hydroxyl groups is 2. The highest BCUT2D eigenvalue weighted by Crippen LogP contribution is 2.15. The van der Waals surface area contributed by atoms with E-state index >= 15 is 0 Å². The molecule has 0 unspecified atom stereocenters. The summed E-state index contributed by atoms with van der Waals surface area (Å²) in [6.45, 7) is 1.05. The maximum atomic E-state index is 8.66. The molecule has 1 heterocycles. The summed E-state index contributed by atoms with van der Waals surface area (Å²) in [5.74, 6) is 0.352. The SMILES string of the molecule is OCC[C@@H]1C=C[C@H](CCO)OC1. The van der Waals surface area contributed by atoms with Crippen molar-refractivity contribution in [3.63, 3.8) is 0 Å². The van der Waals surface area contributed by atoms with Crippen LogP contribution in [0.4, 0.5) is 0 Å². The third-order valence-corrected chi connectivity index (χ3v) is 2.04. The summed E-state index contributed by atoms with van der Waals surface area (Å²) in [4.78, 5) is 0. The van der Waals surface area contributed by atoms with Gasteiger partial charge in [-0.25, -0.2) is 0 Å². The smallest absolute Gasteiger partial charge is 0.0778 e. The molecule has 0 aromatic heterocycles. The van der Waals surface area contributed by atoms with Gasteiger partial charge in [0.15, 0.2) is 0 Å². The average Bonchev–Trinajstić information content (AvgIpc) is 2.09. The van der Waals surface area contributed by atoms with Gasteiger partial charge in [-0.2, -0.15) is 0 Å². The van der Waals surface area contributed by atoms with E-state index < -0.39 is 0 Å². The highest BCUT2D eigenvalue weighted by molar-refractivity contribution is 4.97. The predicted octanol–water partition coefficient (Wildman–Crippen LogP) is 0.322. The van der Waals surface area contributed by atoms with Crippen molar-refractivity contribution in [1.29, 1.82) is 0 Å².